The second kappa shape index (κ2) is 6.89. The largest absolute Gasteiger partial charge is 0.480 e. The molecule has 3 heteroatoms. The van der Waals surface area contributed by atoms with Crippen LogP contribution in [-0.2, 0) is 4.79 Å². The highest BCUT2D eigenvalue weighted by molar-refractivity contribution is 5.73. The minimum Gasteiger partial charge on any atom is -0.480 e. The molecule has 0 aromatic carbocycles. The Morgan fingerprint density at radius 2 is 2.00 bits per heavy atom. The summed E-state index contributed by atoms with van der Waals surface area (Å²) in [6.07, 6.45) is 3.98. The molecule has 0 saturated carbocycles. The first-order valence-corrected chi connectivity index (χ1v) is 5.06. The van der Waals surface area contributed by atoms with E-state index < -0.39 is 5.97 Å². The van der Waals surface area contributed by atoms with Crippen LogP contribution < -0.4 is 5.32 Å². The lowest BCUT2D eigenvalue weighted by atomic mass is 10.1. The summed E-state index contributed by atoms with van der Waals surface area (Å²) in [6, 6.07) is -0.130. The van der Waals surface area contributed by atoms with Gasteiger partial charge >= 0.3 is 5.97 Å². The van der Waals surface area contributed by atoms with Gasteiger partial charge in [0.2, 0.25) is 0 Å². The van der Waals surface area contributed by atoms with Gasteiger partial charge in [-0.15, -0.1) is 0 Å². The molecule has 0 heterocycles. The van der Waals surface area contributed by atoms with Gasteiger partial charge in [0, 0.05) is 6.04 Å². The Hall–Kier alpha value is -0.570. The molecule has 3 nitrogen and oxygen atoms in total. The number of rotatable bonds is 7. The summed E-state index contributed by atoms with van der Waals surface area (Å²) >= 11 is 0. The molecule has 0 aliphatic heterocycles. The number of nitrogens with one attached hydrogen (secondary N) is 1. The molecule has 0 amide bonds. The fourth-order valence-corrected chi connectivity index (χ4v) is 1.28. The first-order chi connectivity index (χ1) is 6.07. The maximum Gasteiger partial charge on any atom is 0.320 e. The van der Waals surface area contributed by atoms with Crippen LogP contribution in [-0.4, -0.2) is 23.2 Å². The van der Waals surface area contributed by atoms with Gasteiger partial charge in [-0.1, -0.05) is 40.0 Å². The minimum absolute atomic E-state index is 0.239. The highest BCUT2D eigenvalue weighted by Gasteiger charge is 2.16. The van der Waals surface area contributed by atoms with Gasteiger partial charge in [-0.05, 0) is 6.42 Å². The Morgan fingerprint density at radius 1 is 1.38 bits per heavy atom. The van der Waals surface area contributed by atoms with Crippen LogP contribution in [0.3, 0.4) is 0 Å². The van der Waals surface area contributed by atoms with Crippen molar-refractivity contribution in [2.75, 3.05) is 0 Å². The zero-order valence-electron chi connectivity index (χ0n) is 8.84. The Bertz CT molecular complexity index is 146. The Kier molecular flexibility index (Phi) is 6.59. The maximum atomic E-state index is 10.8. The van der Waals surface area contributed by atoms with Gasteiger partial charge < -0.3 is 10.4 Å². The standard InChI is InChI=1S/C10H21NO2/c1-4-5-6-7-9(10(12)13)11-8(2)3/h8-9,11H,4-7H2,1-3H3,(H,12,13). The number of carbonyl (C=O) groups is 1. The lowest BCUT2D eigenvalue weighted by Gasteiger charge is -2.16. The number of hydrogen-bond donors (Lipinski definition) is 2. The van der Waals surface area contributed by atoms with Gasteiger partial charge in [0.25, 0.3) is 0 Å². The fourth-order valence-electron chi connectivity index (χ4n) is 1.28. The van der Waals surface area contributed by atoms with Crippen molar-refractivity contribution in [1.29, 1.82) is 0 Å². The molecule has 0 aliphatic rings. The number of carboxylic acid groups (broad SMARTS) is 1. The monoisotopic (exact) mass is 187 g/mol. The number of unbranched alkanes of at least 4 members (excludes halogenated alkanes) is 2. The highest BCUT2D eigenvalue weighted by atomic mass is 16.4. The summed E-state index contributed by atoms with van der Waals surface area (Å²) in [5, 5.41) is 11.9. The van der Waals surface area contributed by atoms with Gasteiger partial charge in [0.15, 0.2) is 0 Å². The van der Waals surface area contributed by atoms with Gasteiger partial charge in [-0.25, -0.2) is 0 Å². The van der Waals surface area contributed by atoms with E-state index >= 15 is 0 Å². The maximum absolute atomic E-state index is 10.8. The van der Waals surface area contributed by atoms with Crippen molar-refractivity contribution in [3.63, 3.8) is 0 Å². The molecule has 1 atom stereocenters. The zero-order valence-corrected chi connectivity index (χ0v) is 8.84. The average molecular weight is 187 g/mol. The molecule has 13 heavy (non-hydrogen) atoms. The number of hydrogen-bond acceptors (Lipinski definition) is 2. The first kappa shape index (κ1) is 12.4. The molecule has 78 valence electrons. The molecule has 0 spiro atoms. The van der Waals surface area contributed by atoms with Gasteiger partial charge in [0.05, 0.1) is 0 Å². The molecular formula is C10H21NO2. The first-order valence-electron chi connectivity index (χ1n) is 5.06. The lowest BCUT2D eigenvalue weighted by molar-refractivity contribution is -0.139. The molecule has 0 bridgehead atoms. The van der Waals surface area contributed by atoms with Crippen LogP contribution in [0.15, 0.2) is 0 Å². The van der Waals surface area contributed by atoms with Crippen molar-refractivity contribution in [3.05, 3.63) is 0 Å². The predicted octanol–water partition coefficient (Wildman–Crippen LogP) is 2.02. The summed E-state index contributed by atoms with van der Waals surface area (Å²) in [5.74, 6) is -0.732. The molecule has 0 aromatic rings. The van der Waals surface area contributed by atoms with Crippen molar-refractivity contribution >= 4 is 5.97 Å². The second-order valence-electron chi connectivity index (χ2n) is 3.71. The topological polar surface area (TPSA) is 49.3 Å². The quantitative estimate of drug-likeness (QED) is 0.599. The van der Waals surface area contributed by atoms with Gasteiger partial charge in [-0.2, -0.15) is 0 Å². The summed E-state index contributed by atoms with van der Waals surface area (Å²) < 4.78 is 0. The van der Waals surface area contributed by atoms with Gasteiger partial charge in [-0.3, -0.25) is 4.79 Å². The molecule has 0 saturated heterocycles. The Balaban J connectivity index is 3.74. The third kappa shape index (κ3) is 6.58. The second-order valence-corrected chi connectivity index (χ2v) is 3.71. The van der Waals surface area contributed by atoms with Crippen LogP contribution in [0.25, 0.3) is 0 Å². The van der Waals surface area contributed by atoms with Crippen LogP contribution in [0, 0.1) is 0 Å². The summed E-state index contributed by atoms with van der Waals surface area (Å²) in [4.78, 5) is 10.8. The summed E-state index contributed by atoms with van der Waals surface area (Å²) in [7, 11) is 0. The molecule has 2 N–H and O–H groups in total. The van der Waals surface area contributed by atoms with E-state index in [1.54, 1.807) is 0 Å². The molecule has 0 radical (unpaired) electrons. The highest BCUT2D eigenvalue weighted by Crippen LogP contribution is 2.04. The summed E-state index contributed by atoms with van der Waals surface area (Å²) in [5.41, 5.74) is 0. The van der Waals surface area contributed by atoms with E-state index in [2.05, 4.69) is 12.2 Å². The third-order valence-corrected chi connectivity index (χ3v) is 1.93. The third-order valence-electron chi connectivity index (χ3n) is 1.93. The predicted molar refractivity (Wildman–Crippen MR) is 53.8 cm³/mol. The van der Waals surface area contributed by atoms with E-state index in [1.165, 1.54) is 0 Å². The zero-order chi connectivity index (χ0) is 10.3. The summed E-state index contributed by atoms with van der Waals surface area (Å²) in [6.45, 7) is 6.05. The van der Waals surface area contributed by atoms with Crippen molar-refractivity contribution in [3.8, 4) is 0 Å². The molecule has 0 aliphatic carbocycles. The minimum atomic E-state index is -0.732. The van der Waals surface area contributed by atoms with E-state index in [1.807, 2.05) is 13.8 Å². The van der Waals surface area contributed by atoms with Crippen molar-refractivity contribution in [2.24, 2.45) is 0 Å². The van der Waals surface area contributed by atoms with Crippen molar-refractivity contribution in [1.82, 2.24) is 5.32 Å². The van der Waals surface area contributed by atoms with Crippen LogP contribution in [0.4, 0.5) is 0 Å². The molecular weight excluding hydrogens is 166 g/mol. The Labute approximate surface area is 80.5 Å². The Morgan fingerprint density at radius 3 is 2.38 bits per heavy atom. The van der Waals surface area contributed by atoms with E-state index in [0.29, 0.717) is 0 Å². The van der Waals surface area contributed by atoms with Crippen LogP contribution in [0.5, 0.6) is 0 Å². The lowest BCUT2D eigenvalue weighted by Crippen LogP contribution is -2.40. The molecule has 0 aromatic heterocycles. The van der Waals surface area contributed by atoms with E-state index in [-0.39, 0.29) is 12.1 Å². The van der Waals surface area contributed by atoms with Crippen LogP contribution in [0.2, 0.25) is 0 Å². The SMILES string of the molecule is CCCCCC(NC(C)C)C(=O)O. The molecule has 0 fully saturated rings. The normalized spacial score (nSPS) is 13.2. The fraction of sp³-hybridized carbons (Fsp3) is 0.900. The van der Waals surface area contributed by atoms with E-state index in [4.69, 9.17) is 5.11 Å². The van der Waals surface area contributed by atoms with Crippen LogP contribution >= 0.6 is 0 Å². The van der Waals surface area contributed by atoms with Gasteiger partial charge in [0.1, 0.15) is 6.04 Å². The smallest absolute Gasteiger partial charge is 0.320 e. The molecule has 1 unspecified atom stereocenters. The van der Waals surface area contributed by atoms with E-state index in [0.717, 1.165) is 25.7 Å². The number of carboxylic acids is 1. The van der Waals surface area contributed by atoms with Crippen molar-refractivity contribution < 1.29 is 9.90 Å². The molecule has 0 rings (SSSR count). The average Bonchev–Trinajstić information content (AvgIpc) is 2.02. The van der Waals surface area contributed by atoms with Crippen LogP contribution in [0.1, 0.15) is 46.5 Å². The van der Waals surface area contributed by atoms with Crippen molar-refractivity contribution in [2.45, 2.75) is 58.5 Å². The number of aliphatic carboxylic acids is 1. The van der Waals surface area contributed by atoms with E-state index in [9.17, 15) is 4.79 Å².